The number of aliphatic hydroxyl groups excluding tert-OH is 1. The van der Waals surface area contributed by atoms with Crippen molar-refractivity contribution in [1.29, 1.82) is 0 Å². The van der Waals surface area contributed by atoms with E-state index in [2.05, 4.69) is 4.98 Å². The minimum Gasteiger partial charge on any atom is -0.494 e. The van der Waals surface area contributed by atoms with Crippen molar-refractivity contribution in [3.63, 3.8) is 0 Å². The van der Waals surface area contributed by atoms with Crippen molar-refractivity contribution in [3.8, 4) is 5.75 Å². The highest BCUT2D eigenvalue weighted by atomic mass is 32.2. The highest BCUT2D eigenvalue weighted by Gasteiger charge is 2.14. The number of aromatic nitrogens is 2. The summed E-state index contributed by atoms with van der Waals surface area (Å²) in [4.78, 5) is 16.8. The first-order chi connectivity index (χ1) is 9.72. The lowest BCUT2D eigenvalue weighted by atomic mass is 10.2. The average molecular weight is 294 g/mol. The first-order valence-electron chi connectivity index (χ1n) is 6.36. The highest BCUT2D eigenvalue weighted by Crippen LogP contribution is 2.21. The van der Waals surface area contributed by atoms with E-state index in [1.54, 1.807) is 37.1 Å². The quantitative estimate of drug-likeness (QED) is 0.878. The summed E-state index contributed by atoms with van der Waals surface area (Å²) in [5.41, 5.74) is 0.409. The molecular formula is C14H18N2O3S. The molecule has 108 valence electrons. The maximum atomic E-state index is 12.5. The van der Waals surface area contributed by atoms with Gasteiger partial charge in [-0.2, -0.15) is 11.8 Å². The van der Waals surface area contributed by atoms with Gasteiger partial charge in [0.25, 0.3) is 5.56 Å². The van der Waals surface area contributed by atoms with Gasteiger partial charge in [0.05, 0.1) is 31.5 Å². The van der Waals surface area contributed by atoms with Crippen molar-refractivity contribution in [1.82, 2.24) is 9.55 Å². The van der Waals surface area contributed by atoms with Crippen LogP contribution in [0.15, 0.2) is 29.3 Å². The topological polar surface area (TPSA) is 64.3 Å². The molecule has 20 heavy (non-hydrogen) atoms. The van der Waals surface area contributed by atoms with Gasteiger partial charge in [-0.3, -0.25) is 9.36 Å². The van der Waals surface area contributed by atoms with E-state index < -0.39 is 0 Å². The van der Waals surface area contributed by atoms with E-state index in [1.165, 1.54) is 10.9 Å². The lowest BCUT2D eigenvalue weighted by Crippen LogP contribution is -2.27. The van der Waals surface area contributed by atoms with E-state index in [9.17, 15) is 9.90 Å². The molecule has 0 spiro atoms. The summed E-state index contributed by atoms with van der Waals surface area (Å²) in [6.07, 6.45) is 4.23. The Balaban J connectivity index is 2.51. The third kappa shape index (κ3) is 2.81. The largest absolute Gasteiger partial charge is 0.494 e. The number of hydrogen-bond acceptors (Lipinski definition) is 5. The Morgan fingerprint density at radius 3 is 2.95 bits per heavy atom. The van der Waals surface area contributed by atoms with Crippen LogP contribution in [0.2, 0.25) is 0 Å². The average Bonchev–Trinajstić information content (AvgIpc) is 2.49. The number of nitrogens with zero attached hydrogens (tertiary/aromatic N) is 2. The molecule has 6 heteroatoms. The molecule has 1 aromatic carbocycles. The summed E-state index contributed by atoms with van der Waals surface area (Å²) >= 11 is 1.69. The molecular weight excluding hydrogens is 276 g/mol. The Morgan fingerprint density at radius 2 is 2.30 bits per heavy atom. The van der Waals surface area contributed by atoms with Gasteiger partial charge in [-0.1, -0.05) is 6.07 Å². The molecule has 0 radical (unpaired) electrons. The third-order valence-electron chi connectivity index (χ3n) is 3.25. The fourth-order valence-electron chi connectivity index (χ4n) is 2.14. The number of ether oxygens (including phenoxy) is 1. The minimum atomic E-state index is -0.238. The fraction of sp³-hybridized carbons (Fsp3) is 0.429. The van der Waals surface area contributed by atoms with Gasteiger partial charge in [-0.25, -0.2) is 4.98 Å². The zero-order chi connectivity index (χ0) is 14.5. The second-order valence-electron chi connectivity index (χ2n) is 4.43. The number of benzene rings is 1. The predicted molar refractivity (Wildman–Crippen MR) is 81.7 cm³/mol. The molecule has 0 fully saturated rings. The van der Waals surface area contributed by atoms with Crippen molar-refractivity contribution < 1.29 is 9.84 Å². The monoisotopic (exact) mass is 294 g/mol. The van der Waals surface area contributed by atoms with Crippen LogP contribution in [0.25, 0.3) is 10.9 Å². The van der Waals surface area contributed by atoms with Crippen molar-refractivity contribution in [2.24, 2.45) is 0 Å². The summed E-state index contributed by atoms with van der Waals surface area (Å²) in [6, 6.07) is 5.03. The SMILES string of the molecule is COc1cccc2c(=O)n([C@H](CO)CCSC)cnc12. The zero-order valence-electron chi connectivity index (χ0n) is 11.6. The van der Waals surface area contributed by atoms with Crippen LogP contribution >= 0.6 is 11.8 Å². The summed E-state index contributed by atoms with van der Waals surface area (Å²) in [5, 5.41) is 9.99. The summed E-state index contributed by atoms with van der Waals surface area (Å²) in [6.45, 7) is -0.0718. The number of rotatable bonds is 6. The van der Waals surface area contributed by atoms with Gasteiger partial charge < -0.3 is 9.84 Å². The van der Waals surface area contributed by atoms with Crippen molar-refractivity contribution in [2.75, 3.05) is 25.7 Å². The smallest absolute Gasteiger partial charge is 0.261 e. The fourth-order valence-corrected chi connectivity index (χ4v) is 2.64. The summed E-state index contributed by atoms with van der Waals surface area (Å²) in [7, 11) is 1.55. The van der Waals surface area contributed by atoms with E-state index >= 15 is 0 Å². The molecule has 0 aliphatic carbocycles. The molecule has 1 aromatic heterocycles. The Morgan fingerprint density at radius 1 is 1.50 bits per heavy atom. The third-order valence-corrected chi connectivity index (χ3v) is 3.90. The van der Waals surface area contributed by atoms with Crippen LogP contribution in [0.4, 0.5) is 0 Å². The molecule has 0 aliphatic rings. The van der Waals surface area contributed by atoms with E-state index in [-0.39, 0.29) is 18.2 Å². The van der Waals surface area contributed by atoms with Crippen molar-refractivity contribution in [3.05, 3.63) is 34.9 Å². The Labute approximate surface area is 121 Å². The van der Waals surface area contributed by atoms with E-state index in [4.69, 9.17) is 4.74 Å². The maximum absolute atomic E-state index is 12.5. The van der Waals surface area contributed by atoms with Gasteiger partial charge in [0.2, 0.25) is 0 Å². The first kappa shape index (κ1) is 14.9. The summed E-state index contributed by atoms with van der Waals surface area (Å²) < 4.78 is 6.72. The second-order valence-corrected chi connectivity index (χ2v) is 5.42. The standard InChI is InChI=1S/C14H18N2O3S/c1-19-12-5-3-4-11-13(12)15-9-16(14(11)18)10(8-17)6-7-20-2/h3-5,9-10,17H,6-8H2,1-2H3/t10-/m0/s1. The van der Waals surface area contributed by atoms with Crippen molar-refractivity contribution >= 4 is 22.7 Å². The molecule has 1 atom stereocenters. The molecule has 5 nitrogen and oxygen atoms in total. The van der Waals surface area contributed by atoms with Crippen LogP contribution in [-0.4, -0.2) is 40.4 Å². The lowest BCUT2D eigenvalue weighted by Gasteiger charge is -2.17. The van der Waals surface area contributed by atoms with Crippen LogP contribution in [0.5, 0.6) is 5.75 Å². The predicted octanol–water partition coefficient (Wildman–Crippen LogP) is 1.69. The molecule has 1 N–H and O–H groups in total. The number of thioether (sulfide) groups is 1. The molecule has 0 aliphatic heterocycles. The summed E-state index contributed by atoms with van der Waals surface area (Å²) in [5.74, 6) is 1.46. The lowest BCUT2D eigenvalue weighted by molar-refractivity contribution is 0.222. The Hall–Kier alpha value is -1.53. The second kappa shape index (κ2) is 6.76. The Kier molecular flexibility index (Phi) is 5.03. The van der Waals surface area contributed by atoms with Gasteiger partial charge in [0, 0.05) is 0 Å². The van der Waals surface area contributed by atoms with Gasteiger partial charge in [-0.15, -0.1) is 0 Å². The molecule has 0 saturated heterocycles. The minimum absolute atomic E-state index is 0.0718. The number of methoxy groups -OCH3 is 1. The van der Waals surface area contributed by atoms with Gasteiger partial charge in [0.1, 0.15) is 11.3 Å². The number of aliphatic hydroxyl groups is 1. The van der Waals surface area contributed by atoms with E-state index in [1.807, 2.05) is 6.26 Å². The van der Waals surface area contributed by atoms with E-state index in [0.29, 0.717) is 16.7 Å². The molecule has 0 unspecified atom stereocenters. The molecule has 2 rings (SSSR count). The van der Waals surface area contributed by atoms with Crippen LogP contribution in [0.3, 0.4) is 0 Å². The van der Waals surface area contributed by atoms with E-state index in [0.717, 1.165) is 12.2 Å². The van der Waals surface area contributed by atoms with Crippen LogP contribution in [0, 0.1) is 0 Å². The van der Waals surface area contributed by atoms with Crippen molar-refractivity contribution in [2.45, 2.75) is 12.5 Å². The van der Waals surface area contributed by atoms with Gasteiger partial charge in [-0.05, 0) is 30.6 Å². The molecule has 0 bridgehead atoms. The highest BCUT2D eigenvalue weighted by molar-refractivity contribution is 7.98. The zero-order valence-corrected chi connectivity index (χ0v) is 12.4. The van der Waals surface area contributed by atoms with Gasteiger partial charge >= 0.3 is 0 Å². The normalized spacial score (nSPS) is 12.6. The molecule has 1 heterocycles. The Bertz CT molecular complexity index is 642. The number of fused-ring (bicyclic) bond motifs is 1. The van der Waals surface area contributed by atoms with Crippen LogP contribution in [0.1, 0.15) is 12.5 Å². The molecule has 0 saturated carbocycles. The first-order valence-corrected chi connectivity index (χ1v) is 7.76. The molecule has 2 aromatic rings. The molecule has 0 amide bonds. The number of para-hydroxylation sites is 1. The van der Waals surface area contributed by atoms with Crippen LogP contribution in [-0.2, 0) is 0 Å². The maximum Gasteiger partial charge on any atom is 0.261 e. The van der Waals surface area contributed by atoms with Crippen LogP contribution < -0.4 is 10.3 Å². The number of hydrogen-bond donors (Lipinski definition) is 1. The van der Waals surface area contributed by atoms with Gasteiger partial charge in [0.15, 0.2) is 0 Å².